The van der Waals surface area contributed by atoms with E-state index in [4.69, 9.17) is 11.6 Å². The largest absolute Gasteiger partial charge is 0.434 e. The zero-order chi connectivity index (χ0) is 14.3. The lowest BCUT2D eigenvalue weighted by atomic mass is 10.2. The van der Waals surface area contributed by atoms with Crippen molar-refractivity contribution < 1.29 is 18.3 Å². The first-order valence-electron chi connectivity index (χ1n) is 5.78. The molecule has 0 spiro atoms. The third kappa shape index (κ3) is 5.40. The topological polar surface area (TPSA) is 50.4 Å². The van der Waals surface area contributed by atoms with Gasteiger partial charge < -0.3 is 15.4 Å². The molecule has 0 saturated carbocycles. The van der Waals surface area contributed by atoms with Crippen molar-refractivity contribution in [1.29, 1.82) is 0 Å². The molecule has 1 aromatic carbocycles. The maximum Gasteiger partial charge on any atom is 0.387 e. The molecule has 0 unspecified atom stereocenters. The molecule has 0 aromatic heterocycles. The number of amides is 1. The van der Waals surface area contributed by atoms with Crippen LogP contribution in [0.3, 0.4) is 0 Å². The first kappa shape index (κ1) is 15.7. The SMILES string of the molecule is CCNCCNC(=O)c1cc(Cl)ccc1OC(F)F. The fraction of sp³-hybridized carbons (Fsp3) is 0.417. The molecule has 0 aliphatic heterocycles. The van der Waals surface area contributed by atoms with Crippen molar-refractivity contribution in [1.82, 2.24) is 10.6 Å². The second-order valence-corrected chi connectivity index (χ2v) is 4.06. The molecule has 0 aliphatic carbocycles. The van der Waals surface area contributed by atoms with E-state index in [-0.39, 0.29) is 16.3 Å². The van der Waals surface area contributed by atoms with Crippen molar-refractivity contribution in [2.24, 2.45) is 0 Å². The third-order valence-electron chi connectivity index (χ3n) is 2.24. The standard InChI is InChI=1S/C12H15ClF2N2O2/c1-2-16-5-6-17-11(18)9-7-8(13)3-4-10(9)19-12(14)15/h3-4,7,12,16H,2,5-6H2,1H3,(H,17,18). The fourth-order valence-corrected chi connectivity index (χ4v) is 1.59. The van der Waals surface area contributed by atoms with Gasteiger partial charge in [-0.05, 0) is 24.7 Å². The minimum atomic E-state index is -2.99. The van der Waals surface area contributed by atoms with Gasteiger partial charge in [0.05, 0.1) is 5.56 Å². The smallest absolute Gasteiger partial charge is 0.387 e. The number of halogens is 3. The molecule has 106 valence electrons. The van der Waals surface area contributed by atoms with E-state index >= 15 is 0 Å². The summed E-state index contributed by atoms with van der Waals surface area (Å²) >= 11 is 5.75. The van der Waals surface area contributed by atoms with Crippen molar-refractivity contribution in [3.63, 3.8) is 0 Å². The van der Waals surface area contributed by atoms with Crippen molar-refractivity contribution in [2.75, 3.05) is 19.6 Å². The molecule has 0 radical (unpaired) electrons. The summed E-state index contributed by atoms with van der Waals surface area (Å²) in [5, 5.41) is 5.89. The van der Waals surface area contributed by atoms with E-state index in [2.05, 4.69) is 15.4 Å². The maximum absolute atomic E-state index is 12.2. The quantitative estimate of drug-likeness (QED) is 0.758. The Kier molecular flexibility index (Phi) is 6.52. The van der Waals surface area contributed by atoms with Gasteiger partial charge in [0.25, 0.3) is 5.91 Å². The summed E-state index contributed by atoms with van der Waals surface area (Å²) in [4.78, 5) is 11.8. The van der Waals surface area contributed by atoms with E-state index in [1.165, 1.54) is 18.2 Å². The summed E-state index contributed by atoms with van der Waals surface area (Å²) in [6, 6.07) is 3.92. The number of nitrogens with one attached hydrogen (secondary N) is 2. The van der Waals surface area contributed by atoms with Crippen LogP contribution in [0.4, 0.5) is 8.78 Å². The second kappa shape index (κ2) is 7.91. The number of hydrogen-bond acceptors (Lipinski definition) is 3. The summed E-state index contributed by atoms with van der Waals surface area (Å²) in [5.41, 5.74) is -0.00991. The molecule has 0 atom stereocenters. The van der Waals surface area contributed by atoms with E-state index in [1.807, 2.05) is 6.92 Å². The van der Waals surface area contributed by atoms with Gasteiger partial charge in [0.2, 0.25) is 0 Å². The predicted octanol–water partition coefficient (Wildman–Crippen LogP) is 2.28. The van der Waals surface area contributed by atoms with Crippen LogP contribution in [0.5, 0.6) is 5.75 Å². The number of alkyl halides is 2. The van der Waals surface area contributed by atoms with E-state index in [0.717, 1.165) is 6.54 Å². The van der Waals surface area contributed by atoms with Gasteiger partial charge in [0.15, 0.2) is 0 Å². The molecule has 1 rings (SSSR count). The highest BCUT2D eigenvalue weighted by Crippen LogP contribution is 2.24. The number of carbonyl (C=O) groups excluding carboxylic acids is 1. The van der Waals surface area contributed by atoms with E-state index in [9.17, 15) is 13.6 Å². The lowest BCUT2D eigenvalue weighted by molar-refractivity contribution is -0.0501. The molecule has 0 saturated heterocycles. The molecular weight excluding hydrogens is 278 g/mol. The van der Waals surface area contributed by atoms with Gasteiger partial charge in [-0.3, -0.25) is 4.79 Å². The lowest BCUT2D eigenvalue weighted by Gasteiger charge is -2.11. The molecule has 4 nitrogen and oxygen atoms in total. The van der Waals surface area contributed by atoms with Crippen LogP contribution in [0, 0.1) is 0 Å². The maximum atomic E-state index is 12.2. The molecule has 1 amide bonds. The second-order valence-electron chi connectivity index (χ2n) is 3.63. The first-order chi connectivity index (χ1) is 9.04. The Balaban J connectivity index is 2.73. The van der Waals surface area contributed by atoms with Crippen LogP contribution in [-0.4, -0.2) is 32.2 Å². The predicted molar refractivity (Wildman–Crippen MR) is 69.0 cm³/mol. The Labute approximate surface area is 115 Å². The van der Waals surface area contributed by atoms with Crippen LogP contribution in [0.2, 0.25) is 5.02 Å². The Morgan fingerprint density at radius 2 is 2.16 bits per heavy atom. The van der Waals surface area contributed by atoms with Gasteiger partial charge in [-0.25, -0.2) is 0 Å². The lowest BCUT2D eigenvalue weighted by Crippen LogP contribution is -2.32. The highest BCUT2D eigenvalue weighted by molar-refractivity contribution is 6.31. The molecule has 0 bridgehead atoms. The van der Waals surface area contributed by atoms with E-state index < -0.39 is 12.5 Å². The van der Waals surface area contributed by atoms with Gasteiger partial charge >= 0.3 is 6.61 Å². The number of hydrogen-bond donors (Lipinski definition) is 2. The molecule has 2 N–H and O–H groups in total. The Morgan fingerprint density at radius 3 is 2.79 bits per heavy atom. The average Bonchev–Trinajstić information content (AvgIpc) is 2.36. The van der Waals surface area contributed by atoms with Crippen molar-refractivity contribution in [3.8, 4) is 5.75 Å². The first-order valence-corrected chi connectivity index (χ1v) is 6.15. The van der Waals surface area contributed by atoms with Crippen molar-refractivity contribution in [2.45, 2.75) is 13.5 Å². The normalized spacial score (nSPS) is 10.6. The molecule has 0 heterocycles. The number of rotatable bonds is 7. The fourth-order valence-electron chi connectivity index (χ4n) is 1.41. The number of likely N-dealkylation sites (N-methyl/N-ethyl adjacent to an activating group) is 1. The van der Waals surface area contributed by atoms with Crippen molar-refractivity contribution in [3.05, 3.63) is 28.8 Å². The van der Waals surface area contributed by atoms with Gasteiger partial charge in [-0.15, -0.1) is 0 Å². The zero-order valence-corrected chi connectivity index (χ0v) is 11.1. The van der Waals surface area contributed by atoms with Crippen LogP contribution in [-0.2, 0) is 0 Å². The summed E-state index contributed by atoms with van der Waals surface area (Å²) in [7, 11) is 0. The highest BCUT2D eigenvalue weighted by atomic mass is 35.5. The zero-order valence-electron chi connectivity index (χ0n) is 10.4. The van der Waals surface area contributed by atoms with Crippen LogP contribution in [0.1, 0.15) is 17.3 Å². The molecule has 1 aromatic rings. The van der Waals surface area contributed by atoms with Crippen LogP contribution >= 0.6 is 11.6 Å². The minimum Gasteiger partial charge on any atom is -0.434 e. The molecule has 0 aliphatic rings. The van der Waals surface area contributed by atoms with Gasteiger partial charge in [-0.1, -0.05) is 18.5 Å². The Morgan fingerprint density at radius 1 is 1.42 bits per heavy atom. The summed E-state index contributed by atoms with van der Waals surface area (Å²) in [5.74, 6) is -0.698. The summed E-state index contributed by atoms with van der Waals surface area (Å²) < 4.78 is 28.7. The summed E-state index contributed by atoms with van der Waals surface area (Å²) in [6.07, 6.45) is 0. The van der Waals surface area contributed by atoms with E-state index in [1.54, 1.807) is 0 Å². The third-order valence-corrected chi connectivity index (χ3v) is 2.47. The number of ether oxygens (including phenoxy) is 1. The van der Waals surface area contributed by atoms with Gasteiger partial charge in [-0.2, -0.15) is 8.78 Å². The molecule has 0 fully saturated rings. The number of carbonyl (C=O) groups is 1. The monoisotopic (exact) mass is 292 g/mol. The van der Waals surface area contributed by atoms with Gasteiger partial charge in [0, 0.05) is 18.1 Å². The van der Waals surface area contributed by atoms with Crippen LogP contribution < -0.4 is 15.4 Å². The van der Waals surface area contributed by atoms with Gasteiger partial charge in [0.1, 0.15) is 5.75 Å². The van der Waals surface area contributed by atoms with Crippen LogP contribution in [0.15, 0.2) is 18.2 Å². The van der Waals surface area contributed by atoms with Crippen LogP contribution in [0.25, 0.3) is 0 Å². The Hall–Kier alpha value is -1.40. The van der Waals surface area contributed by atoms with Crippen molar-refractivity contribution >= 4 is 17.5 Å². The Bertz CT molecular complexity index is 430. The highest BCUT2D eigenvalue weighted by Gasteiger charge is 2.16. The summed E-state index contributed by atoms with van der Waals surface area (Å²) in [6.45, 7) is 0.705. The van der Waals surface area contributed by atoms with E-state index in [0.29, 0.717) is 13.1 Å². The number of benzene rings is 1. The molecule has 7 heteroatoms. The molecule has 19 heavy (non-hydrogen) atoms. The minimum absolute atomic E-state index is 0.00991. The molecular formula is C12H15ClF2N2O2. The average molecular weight is 293 g/mol.